The molecule has 1 aromatic carbocycles. The van der Waals surface area contributed by atoms with Gasteiger partial charge in [-0.05, 0) is 44.4 Å². The molecule has 4 heteroatoms. The van der Waals surface area contributed by atoms with E-state index >= 15 is 0 Å². The number of nitrogens with one attached hydrogen (secondary N) is 1. The predicted molar refractivity (Wildman–Crippen MR) is 77.4 cm³/mol. The Labute approximate surface area is 120 Å². The summed E-state index contributed by atoms with van der Waals surface area (Å²) in [7, 11) is 0. The van der Waals surface area contributed by atoms with E-state index in [2.05, 4.69) is 31.3 Å². The summed E-state index contributed by atoms with van der Waals surface area (Å²) < 4.78 is 17.0. The Balaban J connectivity index is 1.58. The minimum Gasteiger partial charge on any atom is -0.486 e. The quantitative estimate of drug-likeness (QED) is 0.918. The van der Waals surface area contributed by atoms with Gasteiger partial charge in [-0.3, -0.25) is 0 Å². The van der Waals surface area contributed by atoms with Gasteiger partial charge in [-0.25, -0.2) is 0 Å². The van der Waals surface area contributed by atoms with E-state index in [0.29, 0.717) is 25.4 Å². The van der Waals surface area contributed by atoms with Gasteiger partial charge in [0, 0.05) is 12.6 Å². The van der Waals surface area contributed by atoms with Crippen LogP contribution in [0, 0.1) is 0 Å². The smallest absolute Gasteiger partial charge is 0.161 e. The van der Waals surface area contributed by atoms with Crippen molar-refractivity contribution in [3.05, 3.63) is 23.8 Å². The Hall–Kier alpha value is -1.26. The van der Waals surface area contributed by atoms with Crippen molar-refractivity contribution in [2.45, 2.75) is 44.9 Å². The molecule has 0 saturated carbocycles. The number of benzene rings is 1. The SMILES string of the molecule is CC1CCC(CNC(C)c2ccc3c(c2)OCCO3)O1. The lowest BCUT2D eigenvalue weighted by Crippen LogP contribution is -2.29. The molecule has 2 aliphatic rings. The van der Waals surface area contributed by atoms with E-state index in [0.717, 1.165) is 24.5 Å². The van der Waals surface area contributed by atoms with Gasteiger partial charge in [-0.15, -0.1) is 0 Å². The summed E-state index contributed by atoms with van der Waals surface area (Å²) in [6.45, 7) is 6.48. The standard InChI is InChI=1S/C16H23NO3/c1-11-3-5-14(20-11)10-17-12(2)13-4-6-15-16(9-13)19-8-7-18-15/h4,6,9,11-12,14,17H,3,5,7-8,10H2,1-2H3. The summed E-state index contributed by atoms with van der Waals surface area (Å²) in [5.74, 6) is 1.70. The van der Waals surface area contributed by atoms with Crippen molar-refractivity contribution in [3.8, 4) is 11.5 Å². The summed E-state index contributed by atoms with van der Waals surface area (Å²) in [4.78, 5) is 0. The Morgan fingerprint density at radius 3 is 2.75 bits per heavy atom. The van der Waals surface area contributed by atoms with Crippen LogP contribution in [0.25, 0.3) is 0 Å². The second-order valence-corrected chi connectivity index (χ2v) is 5.68. The maximum absolute atomic E-state index is 5.83. The van der Waals surface area contributed by atoms with Gasteiger partial charge < -0.3 is 19.5 Å². The summed E-state index contributed by atoms with van der Waals surface area (Å²) in [5.41, 5.74) is 1.22. The minimum absolute atomic E-state index is 0.283. The normalized spacial score (nSPS) is 26.5. The monoisotopic (exact) mass is 277 g/mol. The van der Waals surface area contributed by atoms with E-state index in [1.165, 1.54) is 12.0 Å². The Bertz CT molecular complexity index is 463. The Kier molecular flexibility index (Phi) is 4.13. The predicted octanol–water partition coefficient (Wildman–Crippen LogP) is 2.68. The molecular formula is C16H23NO3. The lowest BCUT2D eigenvalue weighted by atomic mass is 10.1. The van der Waals surface area contributed by atoms with Crippen LogP contribution in [-0.2, 0) is 4.74 Å². The molecular weight excluding hydrogens is 254 g/mol. The fourth-order valence-corrected chi connectivity index (χ4v) is 2.79. The molecule has 1 fully saturated rings. The fourth-order valence-electron chi connectivity index (χ4n) is 2.79. The molecule has 110 valence electrons. The van der Waals surface area contributed by atoms with Gasteiger partial charge in [0.1, 0.15) is 13.2 Å². The molecule has 2 heterocycles. The van der Waals surface area contributed by atoms with Gasteiger partial charge in [0.2, 0.25) is 0 Å². The molecule has 0 aromatic heterocycles. The molecule has 3 rings (SSSR count). The van der Waals surface area contributed by atoms with Crippen molar-refractivity contribution in [2.75, 3.05) is 19.8 Å². The van der Waals surface area contributed by atoms with Gasteiger partial charge in [0.05, 0.1) is 12.2 Å². The molecule has 0 spiro atoms. The number of fused-ring (bicyclic) bond motifs is 1. The van der Waals surface area contributed by atoms with Crippen LogP contribution >= 0.6 is 0 Å². The molecule has 0 amide bonds. The van der Waals surface area contributed by atoms with Gasteiger partial charge in [-0.2, -0.15) is 0 Å². The molecule has 20 heavy (non-hydrogen) atoms. The second kappa shape index (κ2) is 6.02. The summed E-state index contributed by atoms with van der Waals surface area (Å²) in [6.07, 6.45) is 3.09. The minimum atomic E-state index is 0.283. The molecule has 3 atom stereocenters. The zero-order valence-corrected chi connectivity index (χ0v) is 12.2. The van der Waals surface area contributed by atoms with Crippen molar-refractivity contribution < 1.29 is 14.2 Å². The molecule has 4 nitrogen and oxygen atoms in total. The Morgan fingerprint density at radius 2 is 2.00 bits per heavy atom. The lowest BCUT2D eigenvalue weighted by molar-refractivity contribution is 0.0546. The van der Waals surface area contributed by atoms with Crippen LogP contribution in [0.3, 0.4) is 0 Å². The zero-order chi connectivity index (χ0) is 13.9. The average molecular weight is 277 g/mol. The van der Waals surface area contributed by atoms with Crippen LogP contribution in [0.2, 0.25) is 0 Å². The van der Waals surface area contributed by atoms with E-state index in [1.54, 1.807) is 0 Å². The van der Waals surface area contributed by atoms with Crippen molar-refractivity contribution in [1.29, 1.82) is 0 Å². The maximum atomic E-state index is 5.83. The fraction of sp³-hybridized carbons (Fsp3) is 0.625. The second-order valence-electron chi connectivity index (χ2n) is 5.68. The van der Waals surface area contributed by atoms with E-state index in [4.69, 9.17) is 14.2 Å². The highest BCUT2D eigenvalue weighted by molar-refractivity contribution is 5.44. The molecule has 0 bridgehead atoms. The molecule has 0 aliphatic carbocycles. The highest BCUT2D eigenvalue weighted by Gasteiger charge is 2.22. The molecule has 1 N–H and O–H groups in total. The average Bonchev–Trinajstić information content (AvgIpc) is 2.90. The van der Waals surface area contributed by atoms with E-state index in [1.807, 2.05) is 6.07 Å². The van der Waals surface area contributed by atoms with E-state index in [-0.39, 0.29) is 6.04 Å². The van der Waals surface area contributed by atoms with Gasteiger partial charge in [0.15, 0.2) is 11.5 Å². The molecule has 0 radical (unpaired) electrons. The summed E-state index contributed by atoms with van der Waals surface area (Å²) in [5, 5.41) is 3.55. The first-order chi connectivity index (χ1) is 9.72. The highest BCUT2D eigenvalue weighted by Crippen LogP contribution is 2.32. The lowest BCUT2D eigenvalue weighted by Gasteiger charge is -2.22. The summed E-state index contributed by atoms with van der Waals surface area (Å²) >= 11 is 0. The number of ether oxygens (including phenoxy) is 3. The molecule has 2 aliphatic heterocycles. The topological polar surface area (TPSA) is 39.7 Å². The van der Waals surface area contributed by atoms with Crippen LogP contribution < -0.4 is 14.8 Å². The molecule has 3 unspecified atom stereocenters. The largest absolute Gasteiger partial charge is 0.486 e. The maximum Gasteiger partial charge on any atom is 0.161 e. The first-order valence-corrected chi connectivity index (χ1v) is 7.51. The third kappa shape index (κ3) is 3.07. The van der Waals surface area contributed by atoms with Crippen LogP contribution in [0.15, 0.2) is 18.2 Å². The van der Waals surface area contributed by atoms with Crippen molar-refractivity contribution >= 4 is 0 Å². The number of rotatable bonds is 4. The Morgan fingerprint density at radius 1 is 1.20 bits per heavy atom. The van der Waals surface area contributed by atoms with Gasteiger partial charge in [0.25, 0.3) is 0 Å². The van der Waals surface area contributed by atoms with Gasteiger partial charge in [-0.1, -0.05) is 6.07 Å². The molecule has 1 aromatic rings. The van der Waals surface area contributed by atoms with E-state index < -0.39 is 0 Å². The van der Waals surface area contributed by atoms with Crippen molar-refractivity contribution in [1.82, 2.24) is 5.32 Å². The van der Waals surface area contributed by atoms with Crippen LogP contribution in [-0.4, -0.2) is 32.0 Å². The van der Waals surface area contributed by atoms with Crippen LogP contribution in [0.5, 0.6) is 11.5 Å². The highest BCUT2D eigenvalue weighted by atomic mass is 16.6. The third-order valence-electron chi connectivity index (χ3n) is 4.04. The number of hydrogen-bond donors (Lipinski definition) is 1. The van der Waals surface area contributed by atoms with Crippen molar-refractivity contribution in [2.24, 2.45) is 0 Å². The van der Waals surface area contributed by atoms with Gasteiger partial charge >= 0.3 is 0 Å². The summed E-state index contributed by atoms with van der Waals surface area (Å²) in [6, 6.07) is 6.45. The van der Waals surface area contributed by atoms with Crippen LogP contribution in [0.4, 0.5) is 0 Å². The number of hydrogen-bond acceptors (Lipinski definition) is 4. The first kappa shape index (κ1) is 13.7. The van der Waals surface area contributed by atoms with E-state index in [9.17, 15) is 0 Å². The molecule has 1 saturated heterocycles. The third-order valence-corrected chi connectivity index (χ3v) is 4.04. The zero-order valence-electron chi connectivity index (χ0n) is 12.2. The first-order valence-electron chi connectivity index (χ1n) is 7.51. The van der Waals surface area contributed by atoms with Crippen molar-refractivity contribution in [3.63, 3.8) is 0 Å². The van der Waals surface area contributed by atoms with Crippen LogP contribution in [0.1, 0.15) is 38.3 Å².